The van der Waals surface area contributed by atoms with E-state index >= 15 is 8.78 Å². The number of carbonyl (C=O) groups is 1. The summed E-state index contributed by atoms with van der Waals surface area (Å²) in [7, 11) is 1.54. The molecule has 0 aliphatic carbocycles. The topological polar surface area (TPSA) is 86.5 Å². The summed E-state index contributed by atoms with van der Waals surface area (Å²) in [5, 5.41) is 9.45. The number of aryl methyl sites for hydroxylation is 1. The first-order valence-corrected chi connectivity index (χ1v) is 13.2. The van der Waals surface area contributed by atoms with Crippen LogP contribution in [-0.2, 0) is 17.8 Å². The maximum absolute atomic E-state index is 15.4. The number of fused-ring (bicyclic) bond motifs is 1. The molecule has 0 saturated heterocycles. The predicted octanol–water partition coefficient (Wildman–Crippen LogP) is 6.90. The standard InChI is InChI=1S/C32H28F3N3O4/c1-18-7-8-21(24(33)11-18)17-42-31-6-4-5-27(37-31)23-15-25(34)22(12-26(23)35)14-30-36-28-10-9-20(32(39)40)13-29(28)38(30)19(2)16-41-3/h4-13,15,19H,14,16-17H2,1-3H3,(H,39,40). The molecule has 5 aromatic rings. The van der Waals surface area contributed by atoms with Crippen molar-refractivity contribution in [3.8, 4) is 17.1 Å². The Morgan fingerprint density at radius 2 is 1.74 bits per heavy atom. The summed E-state index contributed by atoms with van der Waals surface area (Å²) in [5.74, 6) is -2.27. The van der Waals surface area contributed by atoms with Crippen LogP contribution in [0.15, 0.2) is 66.7 Å². The molecule has 2 heterocycles. The third-order valence-electron chi connectivity index (χ3n) is 6.93. The minimum absolute atomic E-state index is 0.0487. The van der Waals surface area contributed by atoms with Crippen molar-refractivity contribution >= 4 is 17.0 Å². The van der Waals surface area contributed by atoms with Crippen LogP contribution in [0, 0.1) is 24.4 Å². The van der Waals surface area contributed by atoms with Gasteiger partial charge in [0.2, 0.25) is 5.88 Å². The molecule has 0 radical (unpaired) electrons. The van der Waals surface area contributed by atoms with Crippen molar-refractivity contribution < 1.29 is 32.5 Å². The Hall–Kier alpha value is -4.70. The van der Waals surface area contributed by atoms with Crippen LogP contribution in [0.2, 0.25) is 0 Å². The predicted molar refractivity (Wildman–Crippen MR) is 151 cm³/mol. The van der Waals surface area contributed by atoms with Crippen LogP contribution in [0.5, 0.6) is 5.88 Å². The van der Waals surface area contributed by atoms with Gasteiger partial charge in [-0.1, -0.05) is 18.2 Å². The Bertz CT molecular complexity index is 1790. The van der Waals surface area contributed by atoms with Crippen molar-refractivity contribution in [3.05, 3.63) is 112 Å². The molecule has 1 N–H and O–H groups in total. The van der Waals surface area contributed by atoms with Crippen molar-refractivity contribution in [2.24, 2.45) is 0 Å². The number of hydrogen-bond acceptors (Lipinski definition) is 5. The van der Waals surface area contributed by atoms with Gasteiger partial charge in [0.15, 0.2) is 0 Å². The normalized spacial score (nSPS) is 12.0. The summed E-state index contributed by atoms with van der Waals surface area (Å²) in [4.78, 5) is 20.5. The highest BCUT2D eigenvalue weighted by molar-refractivity contribution is 5.92. The molecule has 10 heteroatoms. The van der Waals surface area contributed by atoms with Gasteiger partial charge < -0.3 is 19.1 Å². The number of benzene rings is 3. The van der Waals surface area contributed by atoms with Crippen molar-refractivity contribution in [2.75, 3.05) is 13.7 Å². The minimum Gasteiger partial charge on any atom is -0.478 e. The molecule has 1 unspecified atom stereocenters. The van der Waals surface area contributed by atoms with Gasteiger partial charge in [0, 0.05) is 30.7 Å². The molecule has 2 aromatic heterocycles. The summed E-state index contributed by atoms with van der Waals surface area (Å²) >= 11 is 0. The molecule has 42 heavy (non-hydrogen) atoms. The van der Waals surface area contributed by atoms with Crippen LogP contribution in [0.3, 0.4) is 0 Å². The van der Waals surface area contributed by atoms with E-state index in [1.165, 1.54) is 24.3 Å². The Morgan fingerprint density at radius 1 is 0.952 bits per heavy atom. The zero-order valence-electron chi connectivity index (χ0n) is 23.2. The fraction of sp³-hybridized carbons (Fsp3) is 0.219. The number of nitrogens with zero attached hydrogens (tertiary/aromatic N) is 3. The summed E-state index contributed by atoms with van der Waals surface area (Å²) in [6, 6.07) is 15.9. The smallest absolute Gasteiger partial charge is 0.335 e. The van der Waals surface area contributed by atoms with E-state index in [1.807, 2.05) is 6.92 Å². The number of rotatable bonds is 10. The second-order valence-corrected chi connectivity index (χ2v) is 10.1. The van der Waals surface area contributed by atoms with E-state index in [0.29, 0.717) is 29.0 Å². The van der Waals surface area contributed by atoms with E-state index in [2.05, 4.69) is 9.97 Å². The van der Waals surface area contributed by atoms with Gasteiger partial charge in [0.05, 0.1) is 34.9 Å². The number of ether oxygens (including phenoxy) is 2. The summed E-state index contributed by atoms with van der Waals surface area (Å²) < 4.78 is 57.7. The fourth-order valence-electron chi connectivity index (χ4n) is 4.86. The van der Waals surface area contributed by atoms with Gasteiger partial charge >= 0.3 is 5.97 Å². The first-order valence-electron chi connectivity index (χ1n) is 13.2. The molecule has 0 bridgehead atoms. The van der Waals surface area contributed by atoms with Crippen LogP contribution < -0.4 is 4.74 Å². The maximum atomic E-state index is 15.4. The molecule has 0 aliphatic heterocycles. The van der Waals surface area contributed by atoms with Crippen LogP contribution in [0.1, 0.15) is 45.8 Å². The lowest BCUT2D eigenvalue weighted by Crippen LogP contribution is -2.15. The van der Waals surface area contributed by atoms with Crippen LogP contribution in [-0.4, -0.2) is 39.3 Å². The van der Waals surface area contributed by atoms with E-state index in [1.54, 1.807) is 48.9 Å². The van der Waals surface area contributed by atoms with Crippen molar-refractivity contribution in [3.63, 3.8) is 0 Å². The maximum Gasteiger partial charge on any atom is 0.335 e. The number of hydrogen-bond donors (Lipinski definition) is 1. The van der Waals surface area contributed by atoms with Gasteiger partial charge in [-0.2, -0.15) is 0 Å². The van der Waals surface area contributed by atoms with Crippen LogP contribution >= 0.6 is 0 Å². The van der Waals surface area contributed by atoms with Gasteiger partial charge in [-0.05, 0) is 67.4 Å². The van der Waals surface area contributed by atoms with Crippen LogP contribution in [0.4, 0.5) is 13.2 Å². The lowest BCUT2D eigenvalue weighted by Gasteiger charge is -2.17. The van der Waals surface area contributed by atoms with Crippen molar-refractivity contribution in [1.82, 2.24) is 14.5 Å². The highest BCUT2D eigenvalue weighted by atomic mass is 19.1. The van der Waals surface area contributed by atoms with E-state index in [9.17, 15) is 14.3 Å². The van der Waals surface area contributed by atoms with Crippen molar-refractivity contribution in [2.45, 2.75) is 32.9 Å². The average molecular weight is 576 g/mol. The number of aromatic nitrogens is 3. The number of halogens is 3. The van der Waals surface area contributed by atoms with Gasteiger partial charge in [-0.15, -0.1) is 0 Å². The van der Waals surface area contributed by atoms with Gasteiger partial charge in [0.25, 0.3) is 0 Å². The SMILES string of the molecule is COCC(C)n1c(Cc2cc(F)c(-c3cccc(OCc4ccc(C)cc4F)n3)cc2F)nc2ccc(C(=O)O)cc21. The largest absolute Gasteiger partial charge is 0.478 e. The molecule has 0 fully saturated rings. The molecule has 0 spiro atoms. The zero-order valence-corrected chi connectivity index (χ0v) is 23.2. The number of carboxylic acid groups (broad SMARTS) is 1. The second kappa shape index (κ2) is 12.0. The summed E-state index contributed by atoms with van der Waals surface area (Å²) in [6.07, 6.45) is -0.0487. The Morgan fingerprint density at radius 3 is 2.48 bits per heavy atom. The monoisotopic (exact) mass is 575 g/mol. The molecule has 0 saturated carbocycles. The number of methoxy groups -OCH3 is 1. The first-order chi connectivity index (χ1) is 20.1. The molecule has 0 aliphatic rings. The molecule has 3 aromatic carbocycles. The first kappa shape index (κ1) is 28.8. The quantitative estimate of drug-likeness (QED) is 0.195. The van der Waals surface area contributed by atoms with Crippen molar-refractivity contribution in [1.29, 1.82) is 0 Å². The van der Waals surface area contributed by atoms with E-state index in [4.69, 9.17) is 9.47 Å². The molecular weight excluding hydrogens is 547 g/mol. The third kappa shape index (κ3) is 5.99. The summed E-state index contributed by atoms with van der Waals surface area (Å²) in [6.45, 7) is 3.88. The number of pyridine rings is 1. The summed E-state index contributed by atoms with van der Waals surface area (Å²) in [5.41, 5.74) is 2.46. The van der Waals surface area contributed by atoms with E-state index < -0.39 is 23.4 Å². The Labute approximate surface area is 240 Å². The van der Waals surface area contributed by atoms with Gasteiger partial charge in [0.1, 0.15) is 29.9 Å². The molecule has 216 valence electrons. The highest BCUT2D eigenvalue weighted by Gasteiger charge is 2.21. The number of aromatic carboxylic acids is 1. The second-order valence-electron chi connectivity index (χ2n) is 10.1. The highest BCUT2D eigenvalue weighted by Crippen LogP contribution is 2.29. The van der Waals surface area contributed by atoms with Gasteiger partial charge in [-0.3, -0.25) is 0 Å². The van der Waals surface area contributed by atoms with E-state index in [-0.39, 0.29) is 47.3 Å². The average Bonchev–Trinajstić information content (AvgIpc) is 3.31. The zero-order chi connectivity index (χ0) is 30.0. The molecule has 0 amide bonds. The molecule has 5 rings (SSSR count). The number of carboxylic acids is 1. The molecule has 1 atom stereocenters. The lowest BCUT2D eigenvalue weighted by molar-refractivity contribution is 0.0697. The Kier molecular flexibility index (Phi) is 8.26. The van der Waals surface area contributed by atoms with Crippen LogP contribution in [0.25, 0.3) is 22.3 Å². The lowest BCUT2D eigenvalue weighted by atomic mass is 10.0. The molecular formula is C32H28F3N3O4. The van der Waals surface area contributed by atoms with Gasteiger partial charge in [-0.25, -0.2) is 27.9 Å². The third-order valence-corrected chi connectivity index (χ3v) is 6.93. The fourth-order valence-corrected chi connectivity index (χ4v) is 4.86. The number of imidazole rings is 1. The Balaban J connectivity index is 1.44. The minimum atomic E-state index is -1.08. The van der Waals surface area contributed by atoms with E-state index in [0.717, 1.165) is 17.7 Å². The molecule has 7 nitrogen and oxygen atoms in total.